The summed E-state index contributed by atoms with van der Waals surface area (Å²) in [4.78, 5) is 5.79. The van der Waals surface area contributed by atoms with E-state index in [1.54, 1.807) is 25.6 Å². The van der Waals surface area contributed by atoms with Gasteiger partial charge in [0.05, 0.1) is 31.3 Å². The lowest BCUT2D eigenvalue weighted by molar-refractivity contribution is 0.394. The fourth-order valence-corrected chi connectivity index (χ4v) is 4.65. The molecule has 0 saturated carbocycles. The Morgan fingerprint density at radius 3 is 2.00 bits per heavy atom. The molecule has 0 fully saturated rings. The molecule has 0 radical (unpaired) electrons. The summed E-state index contributed by atoms with van der Waals surface area (Å²) in [7, 11) is 3.27. The van der Waals surface area contributed by atoms with Crippen LogP contribution in [0.3, 0.4) is 0 Å². The normalized spacial score (nSPS) is 11.3. The third-order valence-corrected chi connectivity index (χ3v) is 6.22. The first-order valence-electron chi connectivity index (χ1n) is 11.1. The highest BCUT2D eigenvalue weighted by Crippen LogP contribution is 2.30. The van der Waals surface area contributed by atoms with E-state index in [0.29, 0.717) is 11.5 Å². The number of benzene rings is 4. The minimum atomic E-state index is 0.688. The van der Waals surface area contributed by atoms with Crippen LogP contribution in [0.2, 0.25) is 0 Å². The molecular formula is C29H24N2O3S. The number of hydrogen-bond acceptors (Lipinski definition) is 5. The van der Waals surface area contributed by atoms with Crippen LogP contribution in [-0.4, -0.2) is 18.8 Å². The van der Waals surface area contributed by atoms with Gasteiger partial charge in [-0.3, -0.25) is 4.57 Å². The largest absolute Gasteiger partial charge is 0.497 e. The molecule has 5 rings (SSSR count). The maximum Gasteiger partial charge on any atom is 0.195 e. The maximum absolute atomic E-state index is 6.11. The van der Waals surface area contributed by atoms with E-state index in [1.807, 2.05) is 84.9 Å². The Hall–Kier alpha value is -4.29. The maximum atomic E-state index is 6.11. The molecule has 0 saturated heterocycles. The van der Waals surface area contributed by atoms with Crippen LogP contribution < -0.4 is 19.0 Å². The smallest absolute Gasteiger partial charge is 0.195 e. The van der Waals surface area contributed by atoms with Crippen LogP contribution in [-0.2, 0) is 0 Å². The minimum Gasteiger partial charge on any atom is -0.497 e. The zero-order chi connectivity index (χ0) is 24.0. The van der Waals surface area contributed by atoms with Gasteiger partial charge in [-0.1, -0.05) is 54.6 Å². The lowest BCUT2D eigenvalue weighted by Gasteiger charge is -2.12. The zero-order valence-corrected chi connectivity index (χ0v) is 20.2. The quantitative estimate of drug-likeness (QED) is 0.246. The molecule has 5 nitrogen and oxygen atoms in total. The highest BCUT2D eigenvalue weighted by atomic mass is 32.1. The van der Waals surface area contributed by atoms with Gasteiger partial charge in [0.2, 0.25) is 0 Å². The van der Waals surface area contributed by atoms with Crippen molar-refractivity contribution < 1.29 is 14.2 Å². The van der Waals surface area contributed by atoms with Crippen LogP contribution >= 0.6 is 11.3 Å². The highest BCUT2D eigenvalue weighted by molar-refractivity contribution is 7.07. The molecule has 0 N–H and O–H groups in total. The van der Waals surface area contributed by atoms with Crippen LogP contribution in [0.25, 0.3) is 16.9 Å². The summed E-state index contributed by atoms with van der Waals surface area (Å²) < 4.78 is 19.1. The van der Waals surface area contributed by atoms with Crippen LogP contribution in [0.1, 0.15) is 0 Å². The molecule has 0 bridgehead atoms. The van der Waals surface area contributed by atoms with E-state index in [4.69, 9.17) is 19.2 Å². The lowest BCUT2D eigenvalue weighted by atomic mass is 10.1. The van der Waals surface area contributed by atoms with Crippen LogP contribution in [0.4, 0.5) is 5.69 Å². The first-order chi connectivity index (χ1) is 17.2. The van der Waals surface area contributed by atoms with Gasteiger partial charge in [-0.2, -0.15) is 0 Å². The first kappa shape index (κ1) is 22.5. The molecule has 1 aromatic heterocycles. The molecule has 5 aromatic rings. The van der Waals surface area contributed by atoms with Gasteiger partial charge < -0.3 is 14.2 Å². The van der Waals surface area contributed by atoms with Crippen molar-refractivity contribution in [2.75, 3.05) is 14.2 Å². The van der Waals surface area contributed by atoms with Crippen LogP contribution in [0, 0.1) is 0 Å². The average Bonchev–Trinajstić information content (AvgIpc) is 3.33. The minimum absolute atomic E-state index is 0.688. The molecular weight excluding hydrogens is 456 g/mol. The number of hydrogen-bond donors (Lipinski definition) is 0. The molecule has 0 spiro atoms. The summed E-state index contributed by atoms with van der Waals surface area (Å²) in [6, 6.07) is 33.7. The SMILES string of the molecule is COc1cc(N=c2scc(-c3ccccc3)n2-c2cccc(Oc3ccccc3)c2)cc(OC)c1. The van der Waals surface area contributed by atoms with Gasteiger partial charge in [0.15, 0.2) is 4.80 Å². The Balaban J connectivity index is 1.66. The van der Waals surface area contributed by atoms with Crippen molar-refractivity contribution in [3.05, 3.63) is 113 Å². The van der Waals surface area contributed by atoms with Crippen molar-refractivity contribution in [2.24, 2.45) is 4.99 Å². The summed E-state index contributed by atoms with van der Waals surface area (Å²) in [6.45, 7) is 0. The van der Waals surface area contributed by atoms with Crippen molar-refractivity contribution in [2.45, 2.75) is 0 Å². The Morgan fingerprint density at radius 2 is 1.31 bits per heavy atom. The van der Waals surface area contributed by atoms with Gasteiger partial charge in [0.25, 0.3) is 0 Å². The van der Waals surface area contributed by atoms with E-state index >= 15 is 0 Å². The van der Waals surface area contributed by atoms with Crippen molar-refractivity contribution in [1.29, 1.82) is 0 Å². The monoisotopic (exact) mass is 480 g/mol. The number of para-hydroxylation sites is 1. The van der Waals surface area contributed by atoms with Gasteiger partial charge in [0.1, 0.15) is 23.0 Å². The van der Waals surface area contributed by atoms with E-state index in [9.17, 15) is 0 Å². The molecule has 0 atom stereocenters. The highest BCUT2D eigenvalue weighted by Gasteiger charge is 2.12. The molecule has 174 valence electrons. The van der Waals surface area contributed by atoms with Crippen molar-refractivity contribution in [3.63, 3.8) is 0 Å². The fourth-order valence-electron chi connectivity index (χ4n) is 3.73. The standard InChI is InChI=1S/C29H24N2O3S/c1-32-26-16-22(17-27(19-26)33-2)30-29-31(28(20-35-29)21-10-5-3-6-11-21)23-12-9-15-25(18-23)34-24-13-7-4-8-14-24/h3-20H,1-2H3. The van der Waals surface area contributed by atoms with Crippen molar-refractivity contribution >= 4 is 17.0 Å². The van der Waals surface area contributed by atoms with Crippen molar-refractivity contribution in [3.8, 4) is 39.9 Å². The number of rotatable bonds is 7. The van der Waals surface area contributed by atoms with E-state index in [-0.39, 0.29) is 0 Å². The second-order valence-electron chi connectivity index (χ2n) is 7.70. The molecule has 4 aromatic carbocycles. The molecule has 35 heavy (non-hydrogen) atoms. The summed E-state index contributed by atoms with van der Waals surface area (Å²) in [5, 5.41) is 2.12. The molecule has 0 unspecified atom stereocenters. The molecule has 1 heterocycles. The van der Waals surface area contributed by atoms with Gasteiger partial charge in [-0.05, 0) is 29.8 Å². The Morgan fingerprint density at radius 1 is 0.657 bits per heavy atom. The number of thiazole rings is 1. The second-order valence-corrected chi connectivity index (χ2v) is 8.54. The third kappa shape index (κ3) is 5.13. The average molecular weight is 481 g/mol. The first-order valence-corrected chi connectivity index (χ1v) is 12.0. The van der Waals surface area contributed by atoms with Crippen LogP contribution in [0.15, 0.2) is 114 Å². The van der Waals surface area contributed by atoms with E-state index in [2.05, 4.69) is 28.1 Å². The number of nitrogens with zero attached hydrogens (tertiary/aromatic N) is 2. The van der Waals surface area contributed by atoms with E-state index < -0.39 is 0 Å². The van der Waals surface area contributed by atoms with E-state index in [0.717, 1.165) is 38.9 Å². The van der Waals surface area contributed by atoms with Crippen molar-refractivity contribution in [1.82, 2.24) is 4.57 Å². The fraction of sp³-hybridized carbons (Fsp3) is 0.0690. The molecule has 6 heteroatoms. The second kappa shape index (κ2) is 10.3. The Bertz CT molecular complexity index is 1470. The number of methoxy groups -OCH3 is 2. The predicted molar refractivity (Wildman–Crippen MR) is 140 cm³/mol. The van der Waals surface area contributed by atoms with Crippen LogP contribution in [0.5, 0.6) is 23.0 Å². The number of ether oxygens (including phenoxy) is 3. The number of aromatic nitrogens is 1. The topological polar surface area (TPSA) is 45.0 Å². The summed E-state index contributed by atoms with van der Waals surface area (Å²) in [6.07, 6.45) is 0. The zero-order valence-electron chi connectivity index (χ0n) is 19.4. The Kier molecular flexibility index (Phi) is 6.63. The van der Waals surface area contributed by atoms with Gasteiger partial charge in [-0.15, -0.1) is 11.3 Å². The van der Waals surface area contributed by atoms with Gasteiger partial charge in [0, 0.05) is 29.6 Å². The van der Waals surface area contributed by atoms with Gasteiger partial charge in [-0.25, -0.2) is 4.99 Å². The Labute approximate surface area is 208 Å². The lowest BCUT2D eigenvalue weighted by Crippen LogP contribution is -2.13. The van der Waals surface area contributed by atoms with E-state index in [1.165, 1.54) is 0 Å². The molecule has 0 aliphatic rings. The molecule has 0 aliphatic carbocycles. The van der Waals surface area contributed by atoms with Gasteiger partial charge >= 0.3 is 0 Å². The predicted octanol–water partition coefficient (Wildman–Crippen LogP) is 7.25. The molecule has 0 aliphatic heterocycles. The summed E-state index contributed by atoms with van der Waals surface area (Å²) >= 11 is 1.57. The molecule has 0 amide bonds. The summed E-state index contributed by atoms with van der Waals surface area (Å²) in [5.41, 5.74) is 3.84. The summed E-state index contributed by atoms with van der Waals surface area (Å²) in [5.74, 6) is 2.91. The third-order valence-electron chi connectivity index (χ3n) is 5.39.